The molecule has 0 unspecified atom stereocenters. The third-order valence-electron chi connectivity index (χ3n) is 4.57. The molecule has 0 spiro atoms. The van der Waals surface area contributed by atoms with Crippen molar-refractivity contribution < 1.29 is 9.59 Å². The fourth-order valence-corrected chi connectivity index (χ4v) is 3.08. The minimum atomic E-state index is -0.552. The van der Waals surface area contributed by atoms with Crippen molar-refractivity contribution >= 4 is 11.8 Å². The van der Waals surface area contributed by atoms with E-state index >= 15 is 0 Å². The van der Waals surface area contributed by atoms with Gasteiger partial charge in [-0.1, -0.05) is 30.3 Å². The minimum Gasteiger partial charge on any atom is -0.340 e. The number of aromatic nitrogens is 1. The summed E-state index contributed by atoms with van der Waals surface area (Å²) >= 11 is 0. The first-order valence-electron chi connectivity index (χ1n) is 8.89. The monoisotopic (exact) mass is 352 g/mol. The molecule has 1 N–H and O–H groups in total. The van der Waals surface area contributed by atoms with Crippen LogP contribution in [-0.2, 0) is 11.3 Å². The van der Waals surface area contributed by atoms with Crippen molar-refractivity contribution in [3.8, 4) is 0 Å². The van der Waals surface area contributed by atoms with Crippen LogP contribution >= 0.6 is 0 Å². The van der Waals surface area contributed by atoms with E-state index in [0.717, 1.165) is 19.6 Å². The Morgan fingerprint density at radius 3 is 2.46 bits per heavy atom. The number of piperazine rings is 1. The third kappa shape index (κ3) is 4.67. The Hall–Kier alpha value is -2.73. The van der Waals surface area contributed by atoms with Gasteiger partial charge in [-0.3, -0.25) is 19.5 Å². The predicted octanol–water partition coefficient (Wildman–Crippen LogP) is 1.54. The van der Waals surface area contributed by atoms with Crippen LogP contribution in [0.2, 0.25) is 0 Å². The van der Waals surface area contributed by atoms with Crippen molar-refractivity contribution in [2.45, 2.75) is 19.5 Å². The predicted molar refractivity (Wildman–Crippen MR) is 99.5 cm³/mol. The summed E-state index contributed by atoms with van der Waals surface area (Å²) in [5.74, 6) is -0.316. The zero-order valence-corrected chi connectivity index (χ0v) is 15.0. The Kier molecular flexibility index (Phi) is 5.96. The molecule has 0 bridgehead atoms. The van der Waals surface area contributed by atoms with Crippen LogP contribution in [0.15, 0.2) is 54.9 Å². The molecule has 1 aromatic heterocycles. The molecule has 1 fully saturated rings. The Morgan fingerprint density at radius 2 is 1.81 bits per heavy atom. The SMILES string of the molecule is C[C@@H](NC(=O)c1cccnc1)C(=O)N1CCN(Cc2ccccc2)CC1. The fourth-order valence-electron chi connectivity index (χ4n) is 3.08. The molecular formula is C20H24N4O2. The molecule has 6 nitrogen and oxygen atoms in total. The lowest BCUT2D eigenvalue weighted by atomic mass is 10.2. The zero-order valence-electron chi connectivity index (χ0n) is 15.0. The molecule has 1 aliphatic heterocycles. The molecule has 1 atom stereocenters. The summed E-state index contributed by atoms with van der Waals surface area (Å²) in [6.07, 6.45) is 3.11. The topological polar surface area (TPSA) is 65.5 Å². The lowest BCUT2D eigenvalue weighted by Gasteiger charge is -2.36. The van der Waals surface area contributed by atoms with Crippen LogP contribution in [0, 0.1) is 0 Å². The molecule has 6 heteroatoms. The van der Waals surface area contributed by atoms with Gasteiger partial charge in [0.2, 0.25) is 5.91 Å². The molecule has 1 aliphatic rings. The standard InChI is InChI=1S/C20H24N4O2/c1-16(22-19(25)18-8-5-9-21-14-18)20(26)24-12-10-23(11-13-24)15-17-6-3-2-4-7-17/h2-9,14,16H,10-13,15H2,1H3,(H,22,25)/t16-/m1/s1. The van der Waals surface area contributed by atoms with E-state index in [1.165, 1.54) is 11.8 Å². The van der Waals surface area contributed by atoms with Gasteiger partial charge in [-0.25, -0.2) is 0 Å². The first kappa shape index (κ1) is 18.1. The largest absolute Gasteiger partial charge is 0.340 e. The van der Waals surface area contributed by atoms with E-state index in [2.05, 4.69) is 27.3 Å². The van der Waals surface area contributed by atoms with Crippen LogP contribution in [0.1, 0.15) is 22.8 Å². The number of benzene rings is 1. The van der Waals surface area contributed by atoms with E-state index in [1.807, 2.05) is 23.1 Å². The van der Waals surface area contributed by atoms with Gasteiger partial charge in [0.15, 0.2) is 0 Å². The van der Waals surface area contributed by atoms with Gasteiger partial charge in [0.05, 0.1) is 5.56 Å². The maximum Gasteiger partial charge on any atom is 0.253 e. The van der Waals surface area contributed by atoms with Crippen LogP contribution < -0.4 is 5.32 Å². The van der Waals surface area contributed by atoms with Gasteiger partial charge in [-0.15, -0.1) is 0 Å². The van der Waals surface area contributed by atoms with E-state index in [-0.39, 0.29) is 11.8 Å². The summed E-state index contributed by atoms with van der Waals surface area (Å²) in [5.41, 5.74) is 1.74. The van der Waals surface area contributed by atoms with E-state index in [0.29, 0.717) is 18.7 Å². The van der Waals surface area contributed by atoms with Gasteiger partial charge in [0.25, 0.3) is 5.91 Å². The van der Waals surface area contributed by atoms with E-state index in [9.17, 15) is 9.59 Å². The van der Waals surface area contributed by atoms with Crippen molar-refractivity contribution in [2.24, 2.45) is 0 Å². The van der Waals surface area contributed by atoms with Gasteiger partial charge in [-0.05, 0) is 24.6 Å². The number of hydrogen-bond acceptors (Lipinski definition) is 4. The number of pyridine rings is 1. The lowest BCUT2D eigenvalue weighted by Crippen LogP contribution is -2.53. The molecule has 2 amide bonds. The van der Waals surface area contributed by atoms with E-state index in [1.54, 1.807) is 25.3 Å². The fraction of sp³-hybridized carbons (Fsp3) is 0.350. The summed E-state index contributed by atoms with van der Waals surface area (Å²) in [6.45, 7) is 5.66. The molecule has 26 heavy (non-hydrogen) atoms. The molecule has 136 valence electrons. The van der Waals surface area contributed by atoms with Crippen molar-refractivity contribution in [2.75, 3.05) is 26.2 Å². The number of carbonyl (C=O) groups excluding carboxylic acids is 2. The average molecular weight is 352 g/mol. The quantitative estimate of drug-likeness (QED) is 0.887. The highest BCUT2D eigenvalue weighted by atomic mass is 16.2. The number of rotatable bonds is 5. The number of nitrogens with one attached hydrogen (secondary N) is 1. The molecule has 1 saturated heterocycles. The minimum absolute atomic E-state index is 0.0402. The Morgan fingerprint density at radius 1 is 1.08 bits per heavy atom. The van der Waals surface area contributed by atoms with Crippen LogP contribution in [0.3, 0.4) is 0 Å². The summed E-state index contributed by atoms with van der Waals surface area (Å²) in [7, 11) is 0. The maximum atomic E-state index is 12.6. The highest BCUT2D eigenvalue weighted by Gasteiger charge is 2.26. The van der Waals surface area contributed by atoms with Crippen LogP contribution in [-0.4, -0.2) is 58.8 Å². The van der Waals surface area contributed by atoms with Crippen molar-refractivity contribution in [3.05, 3.63) is 66.0 Å². The lowest BCUT2D eigenvalue weighted by molar-refractivity contribution is -0.134. The Balaban J connectivity index is 1.47. The van der Waals surface area contributed by atoms with Gasteiger partial charge in [-0.2, -0.15) is 0 Å². The number of carbonyl (C=O) groups is 2. The summed E-state index contributed by atoms with van der Waals surface area (Å²) in [4.78, 5) is 32.9. The molecule has 2 heterocycles. The van der Waals surface area contributed by atoms with Gasteiger partial charge < -0.3 is 10.2 Å². The third-order valence-corrected chi connectivity index (χ3v) is 4.57. The molecule has 0 saturated carbocycles. The van der Waals surface area contributed by atoms with Crippen molar-refractivity contribution in [1.82, 2.24) is 20.1 Å². The Bertz CT molecular complexity index is 728. The summed E-state index contributed by atoms with van der Waals surface area (Å²) in [5, 5.41) is 2.76. The van der Waals surface area contributed by atoms with Crippen molar-refractivity contribution in [1.29, 1.82) is 0 Å². The second kappa shape index (κ2) is 8.58. The maximum absolute atomic E-state index is 12.6. The molecule has 0 radical (unpaired) electrons. The van der Waals surface area contributed by atoms with Gasteiger partial charge in [0, 0.05) is 45.1 Å². The molecule has 1 aromatic carbocycles. The number of amides is 2. The summed E-state index contributed by atoms with van der Waals surface area (Å²) < 4.78 is 0. The highest BCUT2D eigenvalue weighted by molar-refractivity contribution is 5.97. The number of nitrogens with zero attached hydrogens (tertiary/aromatic N) is 3. The van der Waals surface area contributed by atoms with Gasteiger partial charge >= 0.3 is 0 Å². The second-order valence-corrected chi connectivity index (χ2v) is 6.52. The highest BCUT2D eigenvalue weighted by Crippen LogP contribution is 2.09. The number of hydrogen-bond donors (Lipinski definition) is 1. The molecular weight excluding hydrogens is 328 g/mol. The Labute approximate surface area is 153 Å². The van der Waals surface area contributed by atoms with Crippen LogP contribution in [0.5, 0.6) is 0 Å². The first-order valence-corrected chi connectivity index (χ1v) is 8.89. The second-order valence-electron chi connectivity index (χ2n) is 6.52. The molecule has 2 aromatic rings. The van der Waals surface area contributed by atoms with Crippen LogP contribution in [0.4, 0.5) is 0 Å². The van der Waals surface area contributed by atoms with Crippen LogP contribution in [0.25, 0.3) is 0 Å². The van der Waals surface area contributed by atoms with E-state index < -0.39 is 6.04 Å². The van der Waals surface area contributed by atoms with Crippen molar-refractivity contribution in [3.63, 3.8) is 0 Å². The smallest absolute Gasteiger partial charge is 0.253 e. The first-order chi connectivity index (χ1) is 12.6. The van der Waals surface area contributed by atoms with Gasteiger partial charge in [0.1, 0.15) is 6.04 Å². The average Bonchev–Trinajstić information content (AvgIpc) is 2.69. The summed E-state index contributed by atoms with van der Waals surface area (Å²) in [6, 6.07) is 13.2. The normalized spacial score (nSPS) is 16.1. The molecule has 3 rings (SSSR count). The molecule has 0 aliphatic carbocycles. The zero-order chi connectivity index (χ0) is 18.4. The van der Waals surface area contributed by atoms with E-state index in [4.69, 9.17) is 0 Å².